The van der Waals surface area contributed by atoms with Crippen LogP contribution in [0.2, 0.25) is 5.02 Å². The number of benzene rings is 2. The number of rotatable bonds is 6. The Bertz CT molecular complexity index is 849. The molecule has 3 unspecified atom stereocenters. The maximum absolute atomic E-state index is 12.8. The summed E-state index contributed by atoms with van der Waals surface area (Å²) in [6.45, 7) is 4.03. The maximum Gasteiger partial charge on any atom is 0.416 e. The van der Waals surface area contributed by atoms with E-state index in [0.29, 0.717) is 23.6 Å². The molecular formula is C25H29ClF3NO. The molecule has 6 heteroatoms. The van der Waals surface area contributed by atoms with Gasteiger partial charge in [-0.2, -0.15) is 13.2 Å². The highest BCUT2D eigenvalue weighted by Gasteiger charge is 2.37. The Balaban J connectivity index is 1.43. The van der Waals surface area contributed by atoms with Crippen LogP contribution >= 0.6 is 11.6 Å². The van der Waals surface area contributed by atoms with Gasteiger partial charge in [0.2, 0.25) is 0 Å². The van der Waals surface area contributed by atoms with Gasteiger partial charge in [-0.1, -0.05) is 30.2 Å². The monoisotopic (exact) mass is 451 g/mol. The zero-order valence-corrected chi connectivity index (χ0v) is 18.5. The Morgan fingerprint density at radius 2 is 1.58 bits per heavy atom. The van der Waals surface area contributed by atoms with E-state index in [2.05, 4.69) is 17.0 Å². The predicted octanol–water partition coefficient (Wildman–Crippen LogP) is 7.38. The Morgan fingerprint density at radius 3 is 2.16 bits per heavy atom. The van der Waals surface area contributed by atoms with Crippen LogP contribution in [0.1, 0.15) is 56.2 Å². The van der Waals surface area contributed by atoms with Gasteiger partial charge >= 0.3 is 6.18 Å². The van der Waals surface area contributed by atoms with E-state index in [4.69, 9.17) is 16.3 Å². The number of ether oxygens (including phenoxy) is 1. The average molecular weight is 452 g/mol. The molecule has 0 amide bonds. The van der Waals surface area contributed by atoms with Gasteiger partial charge in [-0.15, -0.1) is 0 Å². The molecule has 0 bridgehead atoms. The third-order valence-electron chi connectivity index (χ3n) is 6.86. The SMILES string of the molecule is CC(Oc1ccc(C(F)(F)F)cc1)C1CCCN(C(c2ccc(Cl)cc2)C2CCC2)C1. The normalized spacial score (nSPS) is 22.5. The molecule has 0 spiro atoms. The van der Waals surface area contributed by atoms with E-state index >= 15 is 0 Å². The predicted molar refractivity (Wildman–Crippen MR) is 117 cm³/mol. The summed E-state index contributed by atoms with van der Waals surface area (Å²) in [7, 11) is 0. The van der Waals surface area contributed by atoms with Crippen molar-refractivity contribution >= 4 is 11.6 Å². The van der Waals surface area contributed by atoms with Crippen LogP contribution in [-0.4, -0.2) is 24.1 Å². The van der Waals surface area contributed by atoms with Crippen LogP contribution in [-0.2, 0) is 6.18 Å². The molecule has 168 valence electrons. The molecule has 0 radical (unpaired) electrons. The van der Waals surface area contributed by atoms with Crippen molar-refractivity contribution in [2.24, 2.45) is 11.8 Å². The number of likely N-dealkylation sites (tertiary alicyclic amines) is 1. The zero-order chi connectivity index (χ0) is 22.0. The number of nitrogens with zero attached hydrogens (tertiary/aromatic N) is 1. The fraction of sp³-hybridized carbons (Fsp3) is 0.520. The minimum absolute atomic E-state index is 0.0632. The highest BCUT2D eigenvalue weighted by Crippen LogP contribution is 2.43. The van der Waals surface area contributed by atoms with Crippen LogP contribution in [0.5, 0.6) is 5.75 Å². The Hall–Kier alpha value is -1.72. The number of halogens is 4. The van der Waals surface area contributed by atoms with Gasteiger partial charge in [-0.3, -0.25) is 4.90 Å². The van der Waals surface area contributed by atoms with Gasteiger partial charge in [0.1, 0.15) is 5.75 Å². The lowest BCUT2D eigenvalue weighted by Gasteiger charge is -2.46. The molecular weight excluding hydrogens is 423 g/mol. The minimum Gasteiger partial charge on any atom is -0.490 e. The second-order valence-electron chi connectivity index (χ2n) is 8.93. The second kappa shape index (κ2) is 9.41. The molecule has 2 aliphatic rings. The number of hydrogen-bond acceptors (Lipinski definition) is 2. The smallest absolute Gasteiger partial charge is 0.416 e. The molecule has 1 heterocycles. The third-order valence-corrected chi connectivity index (χ3v) is 7.11. The first-order valence-electron chi connectivity index (χ1n) is 11.1. The third kappa shape index (κ3) is 5.38. The molecule has 3 atom stereocenters. The van der Waals surface area contributed by atoms with Gasteiger partial charge in [-0.25, -0.2) is 0 Å². The summed E-state index contributed by atoms with van der Waals surface area (Å²) in [6, 6.07) is 13.7. The van der Waals surface area contributed by atoms with Gasteiger partial charge in [-0.05, 0) is 87.0 Å². The molecule has 2 fully saturated rings. The fourth-order valence-electron chi connectivity index (χ4n) is 4.91. The van der Waals surface area contributed by atoms with E-state index in [9.17, 15) is 13.2 Å². The molecule has 2 nitrogen and oxygen atoms in total. The molecule has 1 aliphatic heterocycles. The van der Waals surface area contributed by atoms with Gasteiger partial charge in [0.05, 0.1) is 11.7 Å². The summed E-state index contributed by atoms with van der Waals surface area (Å²) in [4.78, 5) is 2.59. The van der Waals surface area contributed by atoms with Gasteiger partial charge in [0.15, 0.2) is 0 Å². The molecule has 2 aromatic rings. The lowest BCUT2D eigenvalue weighted by Crippen LogP contribution is -2.45. The second-order valence-corrected chi connectivity index (χ2v) is 9.37. The lowest BCUT2D eigenvalue weighted by molar-refractivity contribution is -0.137. The summed E-state index contributed by atoms with van der Waals surface area (Å²) in [5, 5.41) is 0.756. The van der Waals surface area contributed by atoms with Crippen LogP contribution in [0.3, 0.4) is 0 Å². The summed E-state index contributed by atoms with van der Waals surface area (Å²) in [5.74, 6) is 1.50. The molecule has 0 aromatic heterocycles. The van der Waals surface area contributed by atoms with Crippen molar-refractivity contribution in [3.8, 4) is 5.75 Å². The van der Waals surface area contributed by atoms with E-state index in [1.165, 1.54) is 37.0 Å². The first-order valence-corrected chi connectivity index (χ1v) is 11.5. The summed E-state index contributed by atoms with van der Waals surface area (Å²) in [5.41, 5.74) is 0.675. The van der Waals surface area contributed by atoms with E-state index in [1.807, 2.05) is 19.1 Å². The van der Waals surface area contributed by atoms with E-state index in [-0.39, 0.29) is 6.10 Å². The summed E-state index contributed by atoms with van der Waals surface area (Å²) >= 11 is 6.11. The summed E-state index contributed by atoms with van der Waals surface area (Å²) in [6.07, 6.45) is 1.58. The van der Waals surface area contributed by atoms with Crippen LogP contribution in [0.15, 0.2) is 48.5 Å². The topological polar surface area (TPSA) is 12.5 Å². The van der Waals surface area contributed by atoms with Crippen molar-refractivity contribution in [3.63, 3.8) is 0 Å². The van der Waals surface area contributed by atoms with Crippen LogP contribution in [0, 0.1) is 11.8 Å². The highest BCUT2D eigenvalue weighted by molar-refractivity contribution is 6.30. The molecule has 4 rings (SSSR count). The molecule has 1 aliphatic carbocycles. The first-order chi connectivity index (χ1) is 14.8. The van der Waals surface area contributed by atoms with Crippen molar-refractivity contribution in [3.05, 3.63) is 64.7 Å². The van der Waals surface area contributed by atoms with Gasteiger partial charge in [0.25, 0.3) is 0 Å². The van der Waals surface area contributed by atoms with Crippen molar-refractivity contribution in [1.82, 2.24) is 4.90 Å². The van der Waals surface area contributed by atoms with Crippen molar-refractivity contribution in [2.45, 2.75) is 57.3 Å². The van der Waals surface area contributed by atoms with Gasteiger partial charge < -0.3 is 4.74 Å². The van der Waals surface area contributed by atoms with Crippen LogP contribution in [0.25, 0.3) is 0 Å². The number of hydrogen-bond donors (Lipinski definition) is 0. The Kier molecular flexibility index (Phi) is 6.83. The molecule has 31 heavy (non-hydrogen) atoms. The Labute approximate surface area is 187 Å². The molecule has 1 saturated carbocycles. The first kappa shape index (κ1) is 22.5. The maximum atomic E-state index is 12.8. The minimum atomic E-state index is -4.33. The zero-order valence-electron chi connectivity index (χ0n) is 17.7. The van der Waals surface area contributed by atoms with Crippen LogP contribution in [0.4, 0.5) is 13.2 Å². The van der Waals surface area contributed by atoms with E-state index in [0.717, 1.165) is 43.1 Å². The Morgan fingerprint density at radius 1 is 0.935 bits per heavy atom. The average Bonchev–Trinajstić information content (AvgIpc) is 2.71. The van der Waals surface area contributed by atoms with Crippen LogP contribution < -0.4 is 4.74 Å². The number of piperidine rings is 1. The van der Waals surface area contributed by atoms with E-state index in [1.54, 1.807) is 0 Å². The van der Waals surface area contributed by atoms with Crippen molar-refractivity contribution in [1.29, 1.82) is 0 Å². The largest absolute Gasteiger partial charge is 0.490 e. The molecule has 1 saturated heterocycles. The quantitative estimate of drug-likeness (QED) is 0.454. The number of alkyl halides is 3. The summed E-state index contributed by atoms with van der Waals surface area (Å²) < 4.78 is 44.5. The lowest BCUT2D eigenvalue weighted by atomic mass is 9.75. The molecule has 2 aromatic carbocycles. The van der Waals surface area contributed by atoms with E-state index < -0.39 is 11.7 Å². The fourth-order valence-corrected chi connectivity index (χ4v) is 5.03. The standard InChI is InChI=1S/C25H29ClF3NO/c1-17(31-23-13-9-21(10-14-23)25(27,28)29)20-6-3-15-30(16-20)24(18-4-2-5-18)19-7-11-22(26)12-8-19/h7-14,17-18,20,24H,2-6,15-16H2,1H3. The van der Waals surface area contributed by atoms with Crippen molar-refractivity contribution < 1.29 is 17.9 Å². The highest BCUT2D eigenvalue weighted by atomic mass is 35.5. The molecule has 0 N–H and O–H groups in total. The van der Waals surface area contributed by atoms with Crippen molar-refractivity contribution in [2.75, 3.05) is 13.1 Å². The van der Waals surface area contributed by atoms with Gasteiger partial charge in [0, 0.05) is 23.5 Å².